The molecular weight excluding hydrogens is 230 g/mol. The molecule has 1 aliphatic rings. The highest BCUT2D eigenvalue weighted by molar-refractivity contribution is 5.96. The van der Waals surface area contributed by atoms with Crippen LogP contribution in [0.3, 0.4) is 0 Å². The van der Waals surface area contributed by atoms with Gasteiger partial charge in [-0.25, -0.2) is 0 Å². The maximum absolute atomic E-state index is 11.5. The van der Waals surface area contributed by atoms with Crippen molar-refractivity contribution in [2.24, 2.45) is 0 Å². The molecule has 0 aromatic heterocycles. The van der Waals surface area contributed by atoms with Crippen molar-refractivity contribution in [2.45, 2.75) is 18.9 Å². The van der Waals surface area contributed by atoms with Crippen molar-refractivity contribution in [3.63, 3.8) is 0 Å². The molecule has 4 N–H and O–H groups in total. The number of carbonyl (C=O) groups is 1. The third-order valence-electron chi connectivity index (χ3n) is 3.15. The summed E-state index contributed by atoms with van der Waals surface area (Å²) in [5.41, 5.74) is 8.04. The number of nitrogens with two attached hydrogens (primary N) is 1. The molecule has 1 aromatic rings. The molecule has 1 fully saturated rings. The predicted octanol–water partition coefficient (Wildman–Crippen LogP) is 0.590. The van der Waals surface area contributed by atoms with E-state index in [1.165, 1.54) is 0 Å². The van der Waals surface area contributed by atoms with E-state index >= 15 is 0 Å². The first-order valence-electron chi connectivity index (χ1n) is 6.16. The first-order valence-corrected chi connectivity index (χ1v) is 6.16. The van der Waals surface area contributed by atoms with Gasteiger partial charge in [0.25, 0.3) is 5.91 Å². The van der Waals surface area contributed by atoms with Crippen LogP contribution in [0.1, 0.15) is 23.2 Å². The van der Waals surface area contributed by atoms with E-state index in [1.807, 2.05) is 6.07 Å². The second-order valence-corrected chi connectivity index (χ2v) is 4.50. The summed E-state index contributed by atoms with van der Waals surface area (Å²) in [7, 11) is 1.59. The Balaban J connectivity index is 2.24. The van der Waals surface area contributed by atoms with Crippen LogP contribution in [0.5, 0.6) is 0 Å². The molecule has 5 nitrogen and oxygen atoms in total. The van der Waals surface area contributed by atoms with Gasteiger partial charge in [-0.15, -0.1) is 0 Å². The lowest BCUT2D eigenvalue weighted by molar-refractivity contribution is 0.0963. The summed E-state index contributed by atoms with van der Waals surface area (Å²) in [5, 5.41) is 11.7. The van der Waals surface area contributed by atoms with Gasteiger partial charge in [0.2, 0.25) is 0 Å². The van der Waals surface area contributed by atoms with Crippen LogP contribution in [-0.2, 0) is 0 Å². The van der Waals surface area contributed by atoms with Gasteiger partial charge in [0.15, 0.2) is 0 Å². The van der Waals surface area contributed by atoms with Gasteiger partial charge in [0.05, 0.1) is 18.0 Å². The molecule has 0 bridgehead atoms. The minimum Gasteiger partial charge on any atom is -0.397 e. The second-order valence-electron chi connectivity index (χ2n) is 4.50. The summed E-state index contributed by atoms with van der Waals surface area (Å²) in [6.07, 6.45) is 2.27. The van der Waals surface area contributed by atoms with Crippen molar-refractivity contribution in [1.82, 2.24) is 5.32 Å². The standard InChI is InChI=1S/C13H19N3O2/c1-15-13(18)9-2-5-12(11(14)8-9)16(6-7-17)10-3-4-10/h2,5,8,10,17H,3-4,6-7,14H2,1H3,(H,15,18). The van der Waals surface area contributed by atoms with Gasteiger partial charge in [-0.3, -0.25) is 4.79 Å². The zero-order valence-electron chi connectivity index (χ0n) is 10.5. The van der Waals surface area contributed by atoms with E-state index in [0.717, 1.165) is 18.5 Å². The predicted molar refractivity (Wildman–Crippen MR) is 71.7 cm³/mol. The first-order chi connectivity index (χ1) is 8.67. The highest BCUT2D eigenvalue weighted by Gasteiger charge is 2.29. The van der Waals surface area contributed by atoms with Gasteiger partial charge in [-0.05, 0) is 31.0 Å². The molecule has 0 unspecified atom stereocenters. The Hall–Kier alpha value is -1.75. The molecule has 2 rings (SSSR count). The number of nitrogen functional groups attached to an aromatic ring is 1. The molecule has 1 amide bonds. The number of aliphatic hydroxyl groups is 1. The van der Waals surface area contributed by atoms with Crippen molar-refractivity contribution in [3.05, 3.63) is 23.8 Å². The summed E-state index contributed by atoms with van der Waals surface area (Å²) in [6, 6.07) is 5.77. The van der Waals surface area contributed by atoms with Gasteiger partial charge >= 0.3 is 0 Å². The molecule has 0 heterocycles. The number of nitrogens with zero attached hydrogens (tertiary/aromatic N) is 1. The molecule has 0 radical (unpaired) electrons. The Bertz CT molecular complexity index is 444. The van der Waals surface area contributed by atoms with Crippen LogP contribution in [0.2, 0.25) is 0 Å². The lowest BCUT2D eigenvalue weighted by Crippen LogP contribution is -2.29. The minimum absolute atomic E-state index is 0.104. The summed E-state index contributed by atoms with van der Waals surface area (Å²) < 4.78 is 0. The van der Waals surface area contributed by atoms with Crippen LogP contribution in [-0.4, -0.2) is 37.3 Å². The zero-order chi connectivity index (χ0) is 13.1. The fourth-order valence-electron chi connectivity index (χ4n) is 2.10. The van der Waals surface area contributed by atoms with Gasteiger partial charge in [-0.2, -0.15) is 0 Å². The van der Waals surface area contributed by atoms with Crippen molar-refractivity contribution in [3.8, 4) is 0 Å². The van der Waals surface area contributed by atoms with Crippen LogP contribution in [0, 0.1) is 0 Å². The van der Waals surface area contributed by atoms with E-state index in [0.29, 0.717) is 23.8 Å². The van der Waals surface area contributed by atoms with Crippen molar-refractivity contribution in [1.29, 1.82) is 0 Å². The van der Waals surface area contributed by atoms with Crippen LogP contribution < -0.4 is 16.0 Å². The van der Waals surface area contributed by atoms with Crippen LogP contribution in [0.4, 0.5) is 11.4 Å². The molecule has 1 saturated carbocycles. The number of amides is 1. The lowest BCUT2D eigenvalue weighted by Gasteiger charge is -2.25. The molecule has 0 aliphatic heterocycles. The highest BCUT2D eigenvalue weighted by atomic mass is 16.3. The second kappa shape index (κ2) is 5.27. The molecular formula is C13H19N3O2. The number of anilines is 2. The average Bonchev–Trinajstić information content (AvgIpc) is 3.19. The average molecular weight is 249 g/mol. The molecule has 0 atom stereocenters. The van der Waals surface area contributed by atoms with Crippen molar-refractivity contribution >= 4 is 17.3 Å². The smallest absolute Gasteiger partial charge is 0.251 e. The fourth-order valence-corrected chi connectivity index (χ4v) is 2.10. The van der Waals surface area contributed by atoms with E-state index in [9.17, 15) is 4.79 Å². The Kier molecular flexibility index (Phi) is 3.72. The van der Waals surface area contributed by atoms with Gasteiger partial charge in [0, 0.05) is 25.2 Å². The van der Waals surface area contributed by atoms with E-state index in [1.54, 1.807) is 19.2 Å². The quantitative estimate of drug-likeness (QED) is 0.667. The topological polar surface area (TPSA) is 78.6 Å². The molecule has 5 heteroatoms. The number of aliphatic hydroxyl groups excluding tert-OH is 1. The number of benzene rings is 1. The molecule has 1 aliphatic carbocycles. The molecule has 18 heavy (non-hydrogen) atoms. The fraction of sp³-hybridized carbons (Fsp3) is 0.462. The van der Waals surface area contributed by atoms with Crippen LogP contribution >= 0.6 is 0 Å². The van der Waals surface area contributed by atoms with E-state index in [4.69, 9.17) is 10.8 Å². The Labute approximate surface area is 107 Å². The molecule has 0 saturated heterocycles. The first kappa shape index (κ1) is 12.7. The Morgan fingerprint density at radius 3 is 2.78 bits per heavy atom. The summed E-state index contributed by atoms with van der Waals surface area (Å²) in [5.74, 6) is -0.145. The summed E-state index contributed by atoms with van der Waals surface area (Å²) in [6.45, 7) is 0.682. The summed E-state index contributed by atoms with van der Waals surface area (Å²) >= 11 is 0. The van der Waals surface area contributed by atoms with E-state index in [2.05, 4.69) is 10.2 Å². The summed E-state index contributed by atoms with van der Waals surface area (Å²) in [4.78, 5) is 13.6. The third kappa shape index (κ3) is 2.56. The highest BCUT2D eigenvalue weighted by Crippen LogP contribution is 2.34. The van der Waals surface area contributed by atoms with Gasteiger partial charge < -0.3 is 21.1 Å². The van der Waals surface area contributed by atoms with Crippen molar-refractivity contribution in [2.75, 3.05) is 30.8 Å². The minimum atomic E-state index is -0.145. The Morgan fingerprint density at radius 2 is 2.28 bits per heavy atom. The maximum Gasteiger partial charge on any atom is 0.251 e. The number of hydrogen-bond acceptors (Lipinski definition) is 4. The van der Waals surface area contributed by atoms with Crippen molar-refractivity contribution < 1.29 is 9.90 Å². The largest absolute Gasteiger partial charge is 0.397 e. The van der Waals surface area contributed by atoms with Gasteiger partial charge in [0.1, 0.15) is 0 Å². The van der Waals surface area contributed by atoms with Crippen LogP contribution in [0.15, 0.2) is 18.2 Å². The monoisotopic (exact) mass is 249 g/mol. The molecule has 1 aromatic carbocycles. The maximum atomic E-state index is 11.5. The molecule has 98 valence electrons. The zero-order valence-corrected chi connectivity index (χ0v) is 10.5. The Morgan fingerprint density at radius 1 is 1.56 bits per heavy atom. The third-order valence-corrected chi connectivity index (χ3v) is 3.15. The number of carbonyl (C=O) groups excluding carboxylic acids is 1. The number of rotatable bonds is 5. The van der Waals surface area contributed by atoms with Gasteiger partial charge in [-0.1, -0.05) is 0 Å². The van der Waals surface area contributed by atoms with Crippen LogP contribution in [0.25, 0.3) is 0 Å². The number of hydrogen-bond donors (Lipinski definition) is 3. The SMILES string of the molecule is CNC(=O)c1ccc(N(CCO)C2CC2)c(N)c1. The van der Waals surface area contributed by atoms with E-state index in [-0.39, 0.29) is 12.5 Å². The number of nitrogens with one attached hydrogen (secondary N) is 1. The normalized spacial score (nSPS) is 14.3. The lowest BCUT2D eigenvalue weighted by atomic mass is 10.1. The molecule has 0 spiro atoms. The van der Waals surface area contributed by atoms with E-state index < -0.39 is 0 Å².